The molecule has 1 aliphatic rings. The monoisotopic (exact) mass is 342 g/mol. The summed E-state index contributed by atoms with van der Waals surface area (Å²) in [4.78, 5) is 2.49. The lowest BCUT2D eigenvalue weighted by molar-refractivity contribution is 0.242. The van der Waals surface area contributed by atoms with E-state index >= 15 is 0 Å². The minimum atomic E-state index is 0.685. The zero-order valence-electron chi connectivity index (χ0n) is 10.9. The van der Waals surface area contributed by atoms with E-state index in [0.717, 1.165) is 22.3 Å². The van der Waals surface area contributed by atoms with Crippen molar-refractivity contribution in [3.05, 3.63) is 34.3 Å². The van der Waals surface area contributed by atoms with Crippen LogP contribution in [0.25, 0.3) is 0 Å². The van der Waals surface area contributed by atoms with E-state index in [-0.39, 0.29) is 0 Å². The summed E-state index contributed by atoms with van der Waals surface area (Å²) in [5.74, 6) is 0.959. The molecule has 1 aliphatic heterocycles. The first kappa shape index (κ1) is 14.9. The molecule has 104 valence electrons. The maximum atomic E-state index is 9.17. The molecule has 0 aliphatic carbocycles. The van der Waals surface area contributed by atoms with Crippen molar-refractivity contribution >= 4 is 32.7 Å². The fourth-order valence-electron chi connectivity index (χ4n) is 2.25. The quantitative estimate of drug-likeness (QED) is 0.391. The topological polar surface area (TPSA) is 35.8 Å². The standard InChI is InChI=1S/C14H19BrN2OS/c15-13-7-3-2-6-12(13)14(16-18)19-11-10-17-8-4-1-5-9-17/h2-3,6-7,18H,1,4-5,8-11H2/b16-14+. The van der Waals surface area contributed by atoms with Crippen LogP contribution in [0.2, 0.25) is 0 Å². The maximum Gasteiger partial charge on any atom is 0.144 e. The molecule has 3 nitrogen and oxygen atoms in total. The van der Waals surface area contributed by atoms with Crippen molar-refractivity contribution in [3.63, 3.8) is 0 Å². The van der Waals surface area contributed by atoms with Crippen LogP contribution in [-0.2, 0) is 0 Å². The first-order valence-electron chi connectivity index (χ1n) is 6.63. The number of thioether (sulfide) groups is 1. The number of halogens is 1. The van der Waals surface area contributed by atoms with Crippen LogP contribution in [-0.4, -0.2) is 40.5 Å². The van der Waals surface area contributed by atoms with Gasteiger partial charge in [0.1, 0.15) is 5.04 Å². The van der Waals surface area contributed by atoms with Crippen LogP contribution in [0.5, 0.6) is 0 Å². The van der Waals surface area contributed by atoms with Gasteiger partial charge in [-0.05, 0) is 32.0 Å². The number of oxime groups is 1. The average Bonchev–Trinajstić information content (AvgIpc) is 2.46. The number of likely N-dealkylation sites (tertiary alicyclic amines) is 1. The molecule has 1 N–H and O–H groups in total. The molecule has 0 atom stereocenters. The van der Waals surface area contributed by atoms with Gasteiger partial charge in [-0.2, -0.15) is 0 Å². The van der Waals surface area contributed by atoms with Crippen LogP contribution >= 0.6 is 27.7 Å². The second kappa shape index (κ2) is 7.92. The summed E-state index contributed by atoms with van der Waals surface area (Å²) in [5.41, 5.74) is 0.952. The van der Waals surface area contributed by atoms with Gasteiger partial charge in [0.2, 0.25) is 0 Å². The van der Waals surface area contributed by atoms with Crippen molar-refractivity contribution in [2.75, 3.05) is 25.4 Å². The van der Waals surface area contributed by atoms with E-state index < -0.39 is 0 Å². The SMILES string of the molecule is O/N=C(/SCCN1CCCCC1)c1ccccc1Br. The van der Waals surface area contributed by atoms with Gasteiger partial charge in [-0.25, -0.2) is 0 Å². The molecule has 0 radical (unpaired) electrons. The summed E-state index contributed by atoms with van der Waals surface area (Å²) in [5, 5.41) is 13.3. The van der Waals surface area contributed by atoms with Gasteiger partial charge in [-0.15, -0.1) is 11.8 Å². The van der Waals surface area contributed by atoms with Gasteiger partial charge in [-0.1, -0.05) is 45.7 Å². The van der Waals surface area contributed by atoms with E-state index in [1.165, 1.54) is 32.4 Å². The first-order chi connectivity index (χ1) is 9.31. The van der Waals surface area contributed by atoms with Crippen LogP contribution in [0.1, 0.15) is 24.8 Å². The summed E-state index contributed by atoms with van der Waals surface area (Å²) in [6.45, 7) is 3.48. The Morgan fingerprint density at radius 2 is 2.00 bits per heavy atom. The summed E-state index contributed by atoms with van der Waals surface area (Å²) in [7, 11) is 0. The molecule has 5 heteroatoms. The van der Waals surface area contributed by atoms with E-state index in [4.69, 9.17) is 0 Å². The lowest BCUT2D eigenvalue weighted by Gasteiger charge is -2.26. The van der Waals surface area contributed by atoms with Crippen molar-refractivity contribution in [1.82, 2.24) is 4.90 Å². The Morgan fingerprint density at radius 3 is 2.68 bits per heavy atom. The summed E-state index contributed by atoms with van der Waals surface area (Å²) in [6.07, 6.45) is 4.00. The molecule has 1 aromatic rings. The first-order valence-corrected chi connectivity index (χ1v) is 8.41. The van der Waals surface area contributed by atoms with Crippen LogP contribution < -0.4 is 0 Å². The van der Waals surface area contributed by atoms with Crippen molar-refractivity contribution in [2.45, 2.75) is 19.3 Å². The molecule has 1 heterocycles. The highest BCUT2D eigenvalue weighted by atomic mass is 79.9. The fourth-order valence-corrected chi connectivity index (χ4v) is 3.79. The highest BCUT2D eigenvalue weighted by molar-refractivity contribution is 9.10. The number of rotatable bonds is 4. The number of benzene rings is 1. The second-order valence-corrected chi connectivity index (χ2v) is 6.57. The Bertz CT molecular complexity index is 433. The second-order valence-electron chi connectivity index (χ2n) is 4.64. The van der Waals surface area contributed by atoms with Crippen LogP contribution in [0, 0.1) is 0 Å². The van der Waals surface area contributed by atoms with Gasteiger partial charge in [0.05, 0.1) is 0 Å². The Morgan fingerprint density at radius 1 is 1.26 bits per heavy atom. The van der Waals surface area contributed by atoms with E-state index in [2.05, 4.69) is 26.0 Å². The normalized spacial score (nSPS) is 17.6. The van der Waals surface area contributed by atoms with Gasteiger partial charge in [0, 0.05) is 22.3 Å². The van der Waals surface area contributed by atoms with Crippen LogP contribution in [0.4, 0.5) is 0 Å². The Labute approximate surface area is 127 Å². The maximum absolute atomic E-state index is 9.17. The third kappa shape index (κ3) is 4.51. The van der Waals surface area contributed by atoms with E-state index in [0.29, 0.717) is 5.04 Å². The Balaban J connectivity index is 1.85. The summed E-state index contributed by atoms with van der Waals surface area (Å²) in [6, 6.07) is 7.84. The molecule has 1 aromatic carbocycles. The van der Waals surface area contributed by atoms with Crippen LogP contribution in [0.15, 0.2) is 33.9 Å². The third-order valence-electron chi connectivity index (χ3n) is 3.29. The van der Waals surface area contributed by atoms with Crippen molar-refractivity contribution < 1.29 is 5.21 Å². The smallest absolute Gasteiger partial charge is 0.144 e. The number of hydrogen-bond acceptors (Lipinski definition) is 4. The number of nitrogens with zero attached hydrogens (tertiary/aromatic N) is 2. The van der Waals surface area contributed by atoms with E-state index in [1.54, 1.807) is 11.8 Å². The minimum Gasteiger partial charge on any atom is -0.410 e. The number of hydrogen-bond donors (Lipinski definition) is 1. The molecule has 2 rings (SSSR count). The van der Waals surface area contributed by atoms with Gasteiger partial charge in [-0.3, -0.25) is 0 Å². The number of piperidine rings is 1. The molecular formula is C14H19BrN2OS. The molecule has 0 aromatic heterocycles. The molecule has 0 amide bonds. The molecule has 0 bridgehead atoms. The van der Waals surface area contributed by atoms with Crippen molar-refractivity contribution in [2.24, 2.45) is 5.16 Å². The zero-order chi connectivity index (χ0) is 13.5. The molecule has 0 spiro atoms. The zero-order valence-corrected chi connectivity index (χ0v) is 13.3. The van der Waals surface area contributed by atoms with E-state index in [9.17, 15) is 5.21 Å². The highest BCUT2D eigenvalue weighted by Gasteiger charge is 2.12. The fraction of sp³-hybridized carbons (Fsp3) is 0.500. The van der Waals surface area contributed by atoms with Gasteiger partial charge in [0.25, 0.3) is 0 Å². The largest absolute Gasteiger partial charge is 0.410 e. The lowest BCUT2D eigenvalue weighted by atomic mass is 10.1. The summed E-state index contributed by atoms with van der Waals surface area (Å²) >= 11 is 5.10. The van der Waals surface area contributed by atoms with Crippen molar-refractivity contribution in [1.29, 1.82) is 0 Å². The van der Waals surface area contributed by atoms with Crippen molar-refractivity contribution in [3.8, 4) is 0 Å². The van der Waals surface area contributed by atoms with Gasteiger partial charge in [0.15, 0.2) is 0 Å². The molecule has 0 unspecified atom stereocenters. The van der Waals surface area contributed by atoms with Gasteiger partial charge < -0.3 is 10.1 Å². The third-order valence-corrected chi connectivity index (χ3v) is 4.94. The van der Waals surface area contributed by atoms with Crippen LogP contribution in [0.3, 0.4) is 0 Å². The van der Waals surface area contributed by atoms with Gasteiger partial charge >= 0.3 is 0 Å². The molecule has 1 saturated heterocycles. The molecule has 1 fully saturated rings. The Hall–Kier alpha value is -0.520. The molecule has 0 saturated carbocycles. The van der Waals surface area contributed by atoms with E-state index in [1.807, 2.05) is 24.3 Å². The minimum absolute atomic E-state index is 0.685. The molecular weight excluding hydrogens is 324 g/mol. The lowest BCUT2D eigenvalue weighted by Crippen LogP contribution is -2.31. The molecule has 19 heavy (non-hydrogen) atoms. The predicted molar refractivity (Wildman–Crippen MR) is 85.2 cm³/mol. The summed E-state index contributed by atoms with van der Waals surface area (Å²) < 4.78 is 0.966. The highest BCUT2D eigenvalue weighted by Crippen LogP contribution is 2.22. The predicted octanol–water partition coefficient (Wildman–Crippen LogP) is 3.80. The Kier molecular flexibility index (Phi) is 6.20. The average molecular weight is 343 g/mol.